The maximum absolute atomic E-state index is 13.7. The van der Waals surface area contributed by atoms with Gasteiger partial charge in [0.1, 0.15) is 6.04 Å². The highest BCUT2D eigenvalue weighted by Crippen LogP contribution is 2.28. The van der Waals surface area contributed by atoms with Crippen LogP contribution in [0.1, 0.15) is 61.8 Å². The van der Waals surface area contributed by atoms with Crippen molar-refractivity contribution < 1.29 is 18.0 Å². The first kappa shape index (κ1) is 25.4. The fraction of sp³-hybridized carbons (Fsp3) is 0.481. The Balaban J connectivity index is 1.55. The van der Waals surface area contributed by atoms with Gasteiger partial charge in [0.15, 0.2) is 0 Å². The molecule has 1 aliphatic carbocycles. The lowest BCUT2D eigenvalue weighted by atomic mass is 9.92. The Morgan fingerprint density at radius 1 is 1.00 bits per heavy atom. The highest BCUT2D eigenvalue weighted by Gasteiger charge is 2.41. The standard InChI is InChI=1S/C27H35N3O4S/c1-19(2)22-10-8-21(9-11-22)17-28-27(32)26-18-29(20(3)31)14-15-30(26)35(33,34)25-13-12-23-6-4-5-7-24(23)16-25/h8-13,16,19,26H,4-7,14-15,17-18H2,1-3H3,(H,28,32)/t26-/m1/s1. The minimum absolute atomic E-state index is 0.0393. The molecule has 1 saturated heterocycles. The van der Waals surface area contributed by atoms with E-state index in [-0.39, 0.29) is 30.4 Å². The van der Waals surface area contributed by atoms with Gasteiger partial charge in [-0.2, -0.15) is 4.31 Å². The molecule has 0 radical (unpaired) electrons. The van der Waals surface area contributed by atoms with Gasteiger partial charge in [0.2, 0.25) is 21.8 Å². The van der Waals surface area contributed by atoms with Gasteiger partial charge < -0.3 is 10.2 Å². The number of hydrogen-bond donors (Lipinski definition) is 1. The van der Waals surface area contributed by atoms with Crippen LogP contribution in [0.5, 0.6) is 0 Å². The van der Waals surface area contributed by atoms with Crippen LogP contribution in [-0.2, 0) is 39.0 Å². The van der Waals surface area contributed by atoms with E-state index in [0.717, 1.165) is 36.8 Å². The smallest absolute Gasteiger partial charge is 0.243 e. The van der Waals surface area contributed by atoms with Crippen molar-refractivity contribution in [3.05, 3.63) is 64.7 Å². The lowest BCUT2D eigenvalue weighted by Crippen LogP contribution is -2.61. The van der Waals surface area contributed by atoms with Crippen LogP contribution >= 0.6 is 0 Å². The summed E-state index contributed by atoms with van der Waals surface area (Å²) in [5.74, 6) is -0.149. The largest absolute Gasteiger partial charge is 0.351 e. The number of rotatable bonds is 6. The summed E-state index contributed by atoms with van der Waals surface area (Å²) in [6.45, 7) is 6.37. The van der Waals surface area contributed by atoms with Gasteiger partial charge in [0, 0.05) is 33.1 Å². The second kappa shape index (κ2) is 10.5. The zero-order valence-corrected chi connectivity index (χ0v) is 21.6. The molecular weight excluding hydrogens is 462 g/mol. The van der Waals surface area contributed by atoms with Crippen molar-refractivity contribution in [2.45, 2.75) is 69.9 Å². The van der Waals surface area contributed by atoms with E-state index in [4.69, 9.17) is 0 Å². The molecule has 2 amide bonds. The molecule has 0 bridgehead atoms. The third-order valence-corrected chi connectivity index (χ3v) is 9.02. The molecule has 1 fully saturated rings. The molecule has 8 heteroatoms. The molecule has 1 N–H and O–H groups in total. The number of amides is 2. The van der Waals surface area contributed by atoms with E-state index in [9.17, 15) is 18.0 Å². The Hall–Kier alpha value is -2.71. The number of benzene rings is 2. The number of aryl methyl sites for hydroxylation is 2. The molecule has 2 aliphatic rings. The van der Waals surface area contributed by atoms with Gasteiger partial charge in [0.25, 0.3) is 0 Å². The highest BCUT2D eigenvalue weighted by atomic mass is 32.2. The monoisotopic (exact) mass is 497 g/mol. The topological polar surface area (TPSA) is 86.8 Å². The summed E-state index contributed by atoms with van der Waals surface area (Å²) in [6.07, 6.45) is 4.01. The molecule has 35 heavy (non-hydrogen) atoms. The van der Waals surface area contributed by atoms with Crippen LogP contribution in [0.15, 0.2) is 47.4 Å². The molecule has 0 saturated carbocycles. The quantitative estimate of drug-likeness (QED) is 0.664. The minimum Gasteiger partial charge on any atom is -0.351 e. The molecule has 1 atom stereocenters. The predicted octanol–water partition coefficient (Wildman–Crippen LogP) is 3.23. The number of nitrogens with zero attached hydrogens (tertiary/aromatic N) is 2. The van der Waals surface area contributed by atoms with Crippen LogP contribution < -0.4 is 5.32 Å². The molecule has 1 heterocycles. The number of nitrogens with one attached hydrogen (secondary N) is 1. The van der Waals surface area contributed by atoms with Crippen molar-refractivity contribution in [2.75, 3.05) is 19.6 Å². The van der Waals surface area contributed by atoms with Gasteiger partial charge in [-0.25, -0.2) is 8.42 Å². The summed E-state index contributed by atoms with van der Waals surface area (Å²) >= 11 is 0. The number of fused-ring (bicyclic) bond motifs is 1. The van der Waals surface area contributed by atoms with Crippen molar-refractivity contribution in [3.8, 4) is 0 Å². The van der Waals surface area contributed by atoms with E-state index in [1.807, 2.05) is 30.3 Å². The van der Waals surface area contributed by atoms with E-state index in [1.54, 1.807) is 17.0 Å². The van der Waals surface area contributed by atoms with E-state index >= 15 is 0 Å². The van der Waals surface area contributed by atoms with E-state index in [0.29, 0.717) is 12.5 Å². The van der Waals surface area contributed by atoms with Crippen molar-refractivity contribution in [1.82, 2.24) is 14.5 Å². The molecule has 4 rings (SSSR count). The zero-order valence-electron chi connectivity index (χ0n) is 20.8. The van der Waals surface area contributed by atoms with Gasteiger partial charge in [-0.15, -0.1) is 0 Å². The van der Waals surface area contributed by atoms with Crippen LogP contribution in [0.25, 0.3) is 0 Å². The molecule has 2 aromatic rings. The van der Waals surface area contributed by atoms with E-state index in [2.05, 4.69) is 19.2 Å². The van der Waals surface area contributed by atoms with Gasteiger partial charge in [-0.05, 0) is 66.0 Å². The summed E-state index contributed by atoms with van der Waals surface area (Å²) in [7, 11) is -3.90. The first-order valence-electron chi connectivity index (χ1n) is 12.4. The molecule has 0 spiro atoms. The molecule has 188 valence electrons. The number of piperazine rings is 1. The fourth-order valence-corrected chi connectivity index (χ4v) is 6.51. The Morgan fingerprint density at radius 2 is 1.69 bits per heavy atom. The maximum Gasteiger partial charge on any atom is 0.243 e. The van der Waals surface area contributed by atoms with Gasteiger partial charge in [0.05, 0.1) is 4.90 Å². The Labute approximate surface area is 208 Å². The second-order valence-electron chi connectivity index (χ2n) is 9.85. The summed E-state index contributed by atoms with van der Waals surface area (Å²) in [4.78, 5) is 27.1. The fourth-order valence-electron chi connectivity index (χ4n) is 4.89. The average molecular weight is 498 g/mol. The summed E-state index contributed by atoms with van der Waals surface area (Å²) in [6, 6.07) is 12.4. The highest BCUT2D eigenvalue weighted by molar-refractivity contribution is 7.89. The van der Waals surface area contributed by atoms with Crippen molar-refractivity contribution in [3.63, 3.8) is 0 Å². The minimum atomic E-state index is -3.90. The molecule has 7 nitrogen and oxygen atoms in total. The Morgan fingerprint density at radius 3 is 2.34 bits per heavy atom. The van der Waals surface area contributed by atoms with Crippen LogP contribution in [0.4, 0.5) is 0 Å². The number of carbonyl (C=O) groups is 2. The number of hydrogen-bond acceptors (Lipinski definition) is 4. The summed E-state index contributed by atoms with van der Waals surface area (Å²) in [5.41, 5.74) is 4.43. The van der Waals surface area contributed by atoms with Gasteiger partial charge in [-0.1, -0.05) is 44.2 Å². The second-order valence-corrected chi connectivity index (χ2v) is 11.7. The maximum atomic E-state index is 13.7. The SMILES string of the molecule is CC(=O)N1CCN(S(=O)(=O)c2ccc3c(c2)CCCC3)[C@@H](C(=O)NCc2ccc(C(C)C)cc2)C1. The van der Waals surface area contributed by atoms with Crippen molar-refractivity contribution in [1.29, 1.82) is 0 Å². The summed E-state index contributed by atoms with van der Waals surface area (Å²) in [5, 5.41) is 2.90. The first-order chi connectivity index (χ1) is 16.7. The predicted molar refractivity (Wildman–Crippen MR) is 135 cm³/mol. The van der Waals surface area contributed by atoms with Crippen LogP contribution in [0.3, 0.4) is 0 Å². The molecule has 1 aliphatic heterocycles. The normalized spacial score (nSPS) is 18.9. The van der Waals surface area contributed by atoms with E-state index in [1.165, 1.54) is 22.4 Å². The van der Waals surface area contributed by atoms with Crippen molar-refractivity contribution in [2.24, 2.45) is 0 Å². The van der Waals surface area contributed by atoms with Crippen molar-refractivity contribution >= 4 is 21.8 Å². The Bertz CT molecular complexity index is 1190. The zero-order chi connectivity index (χ0) is 25.2. The third-order valence-electron chi connectivity index (χ3n) is 7.12. The molecular formula is C27H35N3O4S. The van der Waals surface area contributed by atoms with Gasteiger partial charge >= 0.3 is 0 Å². The first-order valence-corrected chi connectivity index (χ1v) is 13.9. The molecule has 0 unspecified atom stereocenters. The average Bonchev–Trinajstić information content (AvgIpc) is 2.86. The number of carbonyl (C=O) groups excluding carboxylic acids is 2. The lowest BCUT2D eigenvalue weighted by Gasteiger charge is -2.39. The molecule has 0 aromatic heterocycles. The third kappa shape index (κ3) is 5.59. The van der Waals surface area contributed by atoms with Gasteiger partial charge in [-0.3, -0.25) is 9.59 Å². The number of sulfonamides is 1. The lowest BCUT2D eigenvalue weighted by molar-refractivity contribution is -0.134. The molecule has 2 aromatic carbocycles. The van der Waals surface area contributed by atoms with Crippen LogP contribution in [0.2, 0.25) is 0 Å². The summed E-state index contributed by atoms with van der Waals surface area (Å²) < 4.78 is 28.6. The van der Waals surface area contributed by atoms with Crippen LogP contribution in [0, 0.1) is 0 Å². The Kier molecular flexibility index (Phi) is 7.62. The van der Waals surface area contributed by atoms with E-state index < -0.39 is 22.0 Å². The van der Waals surface area contributed by atoms with Crippen LogP contribution in [-0.4, -0.2) is 55.1 Å².